The number of rotatable bonds is 8. The molecule has 1 heterocycles. The first-order valence-corrected chi connectivity index (χ1v) is 14.9. The Bertz CT molecular complexity index is 1500. The maximum absolute atomic E-state index is 12.8. The molecule has 1 saturated heterocycles. The number of hydrogen-bond donors (Lipinski definition) is 2. The molecule has 0 bridgehead atoms. The smallest absolute Gasteiger partial charge is 0.261 e. The second-order valence-electron chi connectivity index (χ2n) is 9.39. The SMILES string of the molecule is O=C(Nc1ccc(S(=O)(=O)Nc2ccc(Br)cc2)cc1)c1ccc(CN2CCN(c3ccccc3)CC2)cc1. The zero-order chi connectivity index (χ0) is 27.2. The Morgan fingerprint density at radius 1 is 0.744 bits per heavy atom. The van der Waals surface area contributed by atoms with E-state index in [0.29, 0.717) is 16.9 Å². The Morgan fingerprint density at radius 2 is 1.36 bits per heavy atom. The monoisotopic (exact) mass is 604 g/mol. The van der Waals surface area contributed by atoms with E-state index in [9.17, 15) is 13.2 Å². The van der Waals surface area contributed by atoms with Gasteiger partial charge in [-0.1, -0.05) is 46.3 Å². The van der Waals surface area contributed by atoms with Gasteiger partial charge in [-0.2, -0.15) is 0 Å². The fraction of sp³-hybridized carbons (Fsp3) is 0.167. The van der Waals surface area contributed by atoms with Crippen molar-refractivity contribution in [3.05, 3.63) is 119 Å². The van der Waals surface area contributed by atoms with Gasteiger partial charge in [0.15, 0.2) is 0 Å². The molecule has 4 aromatic carbocycles. The van der Waals surface area contributed by atoms with Gasteiger partial charge in [-0.05, 0) is 78.4 Å². The molecule has 1 aliphatic rings. The highest BCUT2D eigenvalue weighted by molar-refractivity contribution is 9.10. The number of para-hydroxylation sites is 1. The van der Waals surface area contributed by atoms with Gasteiger partial charge in [0.2, 0.25) is 0 Å². The summed E-state index contributed by atoms with van der Waals surface area (Å²) in [4.78, 5) is 17.7. The number of anilines is 3. The second kappa shape index (κ2) is 12.0. The van der Waals surface area contributed by atoms with Crippen molar-refractivity contribution in [2.24, 2.45) is 0 Å². The van der Waals surface area contributed by atoms with Gasteiger partial charge in [0.25, 0.3) is 15.9 Å². The summed E-state index contributed by atoms with van der Waals surface area (Å²) in [5, 5.41) is 2.84. The molecule has 1 aliphatic heterocycles. The van der Waals surface area contributed by atoms with E-state index in [1.807, 2.05) is 30.3 Å². The molecule has 0 unspecified atom stereocenters. The highest BCUT2D eigenvalue weighted by Crippen LogP contribution is 2.21. The summed E-state index contributed by atoms with van der Waals surface area (Å²) in [5.74, 6) is -0.248. The zero-order valence-corrected chi connectivity index (χ0v) is 23.7. The third-order valence-electron chi connectivity index (χ3n) is 6.63. The highest BCUT2D eigenvalue weighted by atomic mass is 79.9. The molecule has 9 heteroatoms. The number of nitrogens with zero attached hydrogens (tertiary/aromatic N) is 2. The molecule has 0 atom stereocenters. The molecular weight excluding hydrogens is 576 g/mol. The van der Waals surface area contributed by atoms with E-state index in [-0.39, 0.29) is 10.8 Å². The zero-order valence-electron chi connectivity index (χ0n) is 21.3. The van der Waals surface area contributed by atoms with Crippen LogP contribution in [0.5, 0.6) is 0 Å². The van der Waals surface area contributed by atoms with Gasteiger partial charge in [0, 0.05) is 59.8 Å². The number of benzene rings is 4. The summed E-state index contributed by atoms with van der Waals surface area (Å²) < 4.78 is 28.8. The van der Waals surface area contributed by atoms with Gasteiger partial charge in [-0.15, -0.1) is 0 Å². The Labute approximate surface area is 237 Å². The molecule has 200 valence electrons. The molecule has 0 saturated carbocycles. The number of carbonyl (C=O) groups excluding carboxylic acids is 1. The van der Waals surface area contributed by atoms with E-state index >= 15 is 0 Å². The molecule has 1 amide bonds. The van der Waals surface area contributed by atoms with Gasteiger partial charge in [-0.3, -0.25) is 14.4 Å². The number of piperazine rings is 1. The Balaban J connectivity index is 1.13. The second-order valence-corrected chi connectivity index (χ2v) is 12.0. The number of amides is 1. The lowest BCUT2D eigenvalue weighted by atomic mass is 10.1. The van der Waals surface area contributed by atoms with Crippen molar-refractivity contribution >= 4 is 48.9 Å². The molecule has 0 aliphatic carbocycles. The van der Waals surface area contributed by atoms with Crippen molar-refractivity contribution in [3.8, 4) is 0 Å². The van der Waals surface area contributed by atoms with Crippen LogP contribution in [0.1, 0.15) is 15.9 Å². The van der Waals surface area contributed by atoms with Crippen molar-refractivity contribution in [1.29, 1.82) is 0 Å². The van der Waals surface area contributed by atoms with Gasteiger partial charge < -0.3 is 10.2 Å². The number of hydrogen-bond acceptors (Lipinski definition) is 5. The molecule has 0 radical (unpaired) electrons. The average molecular weight is 606 g/mol. The van der Waals surface area contributed by atoms with Gasteiger partial charge >= 0.3 is 0 Å². The largest absolute Gasteiger partial charge is 0.369 e. The summed E-state index contributed by atoms with van der Waals surface area (Å²) in [6, 6.07) is 31.1. The minimum atomic E-state index is -3.74. The van der Waals surface area contributed by atoms with E-state index in [2.05, 4.69) is 60.0 Å². The van der Waals surface area contributed by atoms with E-state index in [1.165, 1.54) is 17.8 Å². The van der Waals surface area contributed by atoms with E-state index in [1.54, 1.807) is 36.4 Å². The fourth-order valence-electron chi connectivity index (χ4n) is 4.48. The van der Waals surface area contributed by atoms with E-state index < -0.39 is 10.0 Å². The van der Waals surface area contributed by atoms with Crippen molar-refractivity contribution in [3.63, 3.8) is 0 Å². The Morgan fingerprint density at radius 3 is 2.00 bits per heavy atom. The topological polar surface area (TPSA) is 81.7 Å². The van der Waals surface area contributed by atoms with Crippen molar-refractivity contribution in [2.75, 3.05) is 41.1 Å². The van der Waals surface area contributed by atoms with Crippen LogP contribution in [0.15, 0.2) is 112 Å². The quantitative estimate of drug-likeness (QED) is 0.265. The van der Waals surface area contributed by atoms with Crippen LogP contribution in [-0.4, -0.2) is 45.4 Å². The fourth-order valence-corrected chi connectivity index (χ4v) is 5.80. The minimum absolute atomic E-state index is 0.109. The molecular formula is C30H29BrN4O3S. The third-order valence-corrected chi connectivity index (χ3v) is 8.56. The van der Waals surface area contributed by atoms with Gasteiger partial charge in [0.05, 0.1) is 4.90 Å². The summed E-state index contributed by atoms with van der Waals surface area (Å²) in [7, 11) is -3.74. The average Bonchev–Trinajstić information content (AvgIpc) is 2.96. The van der Waals surface area contributed by atoms with Crippen LogP contribution in [0, 0.1) is 0 Å². The summed E-state index contributed by atoms with van der Waals surface area (Å²) in [5.41, 5.74) is 3.95. The van der Waals surface area contributed by atoms with Crippen LogP contribution < -0.4 is 14.9 Å². The molecule has 0 aromatic heterocycles. The standard InChI is InChI=1S/C30H29BrN4O3S/c31-25-10-12-27(13-11-25)33-39(37,38)29-16-14-26(15-17-29)32-30(36)24-8-6-23(7-9-24)22-34-18-20-35(21-19-34)28-4-2-1-3-5-28/h1-17,33H,18-22H2,(H,32,36). The summed E-state index contributed by atoms with van der Waals surface area (Å²) >= 11 is 3.33. The lowest BCUT2D eigenvalue weighted by molar-refractivity contribution is 0.102. The third kappa shape index (κ3) is 7.06. The molecule has 0 spiro atoms. The summed E-state index contributed by atoms with van der Waals surface area (Å²) in [6.07, 6.45) is 0. The molecule has 4 aromatic rings. The lowest BCUT2D eigenvalue weighted by Crippen LogP contribution is -2.45. The highest BCUT2D eigenvalue weighted by Gasteiger charge is 2.18. The van der Waals surface area contributed by atoms with Crippen LogP contribution in [-0.2, 0) is 16.6 Å². The normalized spacial score (nSPS) is 14.1. The first-order chi connectivity index (χ1) is 18.9. The molecule has 7 nitrogen and oxygen atoms in total. The predicted molar refractivity (Wildman–Crippen MR) is 160 cm³/mol. The number of sulfonamides is 1. The van der Waals surface area contributed by atoms with E-state index in [0.717, 1.165) is 42.8 Å². The first-order valence-electron chi connectivity index (χ1n) is 12.7. The minimum Gasteiger partial charge on any atom is -0.369 e. The molecule has 2 N–H and O–H groups in total. The van der Waals surface area contributed by atoms with Crippen molar-refractivity contribution < 1.29 is 13.2 Å². The number of nitrogens with one attached hydrogen (secondary N) is 2. The number of carbonyl (C=O) groups is 1. The van der Waals surface area contributed by atoms with E-state index in [4.69, 9.17) is 0 Å². The first kappa shape index (κ1) is 26.9. The molecule has 1 fully saturated rings. The molecule has 5 rings (SSSR count). The lowest BCUT2D eigenvalue weighted by Gasteiger charge is -2.36. The van der Waals surface area contributed by atoms with Gasteiger partial charge in [-0.25, -0.2) is 8.42 Å². The van der Waals surface area contributed by atoms with Crippen LogP contribution in [0.25, 0.3) is 0 Å². The van der Waals surface area contributed by atoms with Crippen LogP contribution in [0.2, 0.25) is 0 Å². The predicted octanol–water partition coefficient (Wildman–Crippen LogP) is 5.82. The maximum atomic E-state index is 12.8. The van der Waals surface area contributed by atoms with Crippen LogP contribution >= 0.6 is 15.9 Å². The Hall–Kier alpha value is -3.66. The Kier molecular flexibility index (Phi) is 8.30. The van der Waals surface area contributed by atoms with Crippen molar-refractivity contribution in [1.82, 2.24) is 4.90 Å². The number of halogens is 1. The molecule has 39 heavy (non-hydrogen) atoms. The summed E-state index contributed by atoms with van der Waals surface area (Å²) in [6.45, 7) is 4.80. The van der Waals surface area contributed by atoms with Crippen molar-refractivity contribution in [2.45, 2.75) is 11.4 Å². The van der Waals surface area contributed by atoms with Crippen LogP contribution in [0.3, 0.4) is 0 Å². The van der Waals surface area contributed by atoms with Gasteiger partial charge in [0.1, 0.15) is 0 Å². The van der Waals surface area contributed by atoms with Crippen LogP contribution in [0.4, 0.5) is 17.1 Å². The maximum Gasteiger partial charge on any atom is 0.261 e.